The number of hydrogen-bond donors (Lipinski definition) is 1. The predicted molar refractivity (Wildman–Crippen MR) is 32.6 cm³/mol. The molecule has 1 fully saturated rings. The fourth-order valence-electron chi connectivity index (χ4n) is 0.837. The van der Waals surface area contributed by atoms with Gasteiger partial charge < -0.3 is 10.0 Å². The lowest BCUT2D eigenvalue weighted by molar-refractivity contribution is -0.127. The fourth-order valence-corrected chi connectivity index (χ4v) is 0.837. The SMILES string of the molecule is C=C1CCN(CO)C1=O. The summed E-state index contributed by atoms with van der Waals surface area (Å²) >= 11 is 0. The first-order valence-electron chi connectivity index (χ1n) is 2.83. The number of rotatable bonds is 1. The molecule has 0 aliphatic carbocycles. The first-order chi connectivity index (χ1) is 4.25. The summed E-state index contributed by atoms with van der Waals surface area (Å²) in [5, 5.41) is 8.52. The predicted octanol–water partition coefficient (Wildman–Crippen LogP) is -0.275. The summed E-state index contributed by atoms with van der Waals surface area (Å²) in [6, 6.07) is 0. The smallest absolute Gasteiger partial charge is 0.251 e. The molecule has 0 unspecified atom stereocenters. The molecule has 0 aromatic carbocycles. The van der Waals surface area contributed by atoms with Crippen LogP contribution in [0.4, 0.5) is 0 Å². The second-order valence-corrected chi connectivity index (χ2v) is 2.06. The zero-order valence-electron chi connectivity index (χ0n) is 5.13. The van der Waals surface area contributed by atoms with Crippen molar-refractivity contribution in [1.82, 2.24) is 4.90 Å². The van der Waals surface area contributed by atoms with Crippen molar-refractivity contribution >= 4 is 5.91 Å². The Bertz CT molecular complexity index is 153. The number of amides is 1. The summed E-state index contributed by atoms with van der Waals surface area (Å²) in [4.78, 5) is 12.2. The first kappa shape index (κ1) is 6.29. The Morgan fingerprint density at radius 1 is 1.78 bits per heavy atom. The Morgan fingerprint density at radius 2 is 2.44 bits per heavy atom. The van der Waals surface area contributed by atoms with E-state index in [0.717, 1.165) is 0 Å². The third kappa shape index (κ3) is 0.954. The van der Waals surface area contributed by atoms with Crippen LogP contribution in [-0.4, -0.2) is 29.2 Å². The normalized spacial score (nSPS) is 19.4. The monoisotopic (exact) mass is 127 g/mol. The van der Waals surface area contributed by atoms with Gasteiger partial charge in [0.25, 0.3) is 5.91 Å². The molecule has 1 aliphatic heterocycles. The van der Waals surface area contributed by atoms with Crippen LogP contribution in [0.25, 0.3) is 0 Å². The minimum Gasteiger partial charge on any atom is -0.376 e. The van der Waals surface area contributed by atoms with Crippen LogP contribution in [0, 0.1) is 0 Å². The first-order valence-corrected chi connectivity index (χ1v) is 2.83. The summed E-state index contributed by atoms with van der Waals surface area (Å²) in [5.41, 5.74) is 0.601. The number of carbonyl (C=O) groups is 1. The van der Waals surface area contributed by atoms with Gasteiger partial charge in [0.05, 0.1) is 0 Å². The Hall–Kier alpha value is -0.830. The van der Waals surface area contributed by atoms with Gasteiger partial charge in [-0.25, -0.2) is 0 Å². The topological polar surface area (TPSA) is 40.5 Å². The average Bonchev–Trinajstić information content (AvgIpc) is 2.15. The van der Waals surface area contributed by atoms with Crippen molar-refractivity contribution in [2.24, 2.45) is 0 Å². The van der Waals surface area contributed by atoms with Gasteiger partial charge >= 0.3 is 0 Å². The molecule has 1 heterocycles. The van der Waals surface area contributed by atoms with Gasteiger partial charge in [0.15, 0.2) is 0 Å². The van der Waals surface area contributed by atoms with Gasteiger partial charge in [-0.3, -0.25) is 4.79 Å². The second-order valence-electron chi connectivity index (χ2n) is 2.06. The number of aliphatic hydroxyl groups is 1. The van der Waals surface area contributed by atoms with Gasteiger partial charge in [-0.15, -0.1) is 0 Å². The van der Waals surface area contributed by atoms with Crippen LogP contribution in [0.15, 0.2) is 12.2 Å². The molecule has 0 bridgehead atoms. The van der Waals surface area contributed by atoms with E-state index in [1.165, 1.54) is 4.90 Å². The molecule has 0 atom stereocenters. The van der Waals surface area contributed by atoms with E-state index in [1.54, 1.807) is 0 Å². The average molecular weight is 127 g/mol. The number of carbonyl (C=O) groups excluding carboxylic acids is 1. The van der Waals surface area contributed by atoms with Gasteiger partial charge in [0, 0.05) is 12.1 Å². The highest BCUT2D eigenvalue weighted by molar-refractivity contribution is 5.94. The van der Waals surface area contributed by atoms with E-state index < -0.39 is 0 Å². The molecule has 3 heteroatoms. The molecule has 3 nitrogen and oxygen atoms in total. The summed E-state index contributed by atoms with van der Waals surface area (Å²) in [6.07, 6.45) is 0.694. The molecule has 1 N–H and O–H groups in total. The highest BCUT2D eigenvalue weighted by Gasteiger charge is 2.22. The van der Waals surface area contributed by atoms with E-state index in [-0.39, 0.29) is 12.6 Å². The van der Waals surface area contributed by atoms with E-state index in [4.69, 9.17) is 5.11 Å². The maximum Gasteiger partial charge on any atom is 0.251 e. The van der Waals surface area contributed by atoms with Gasteiger partial charge in [-0.1, -0.05) is 6.58 Å². The molecule has 1 rings (SSSR count). The van der Waals surface area contributed by atoms with Crippen LogP contribution in [0.2, 0.25) is 0 Å². The third-order valence-electron chi connectivity index (χ3n) is 1.44. The molecule has 50 valence electrons. The molecule has 1 aliphatic rings. The van der Waals surface area contributed by atoms with E-state index in [9.17, 15) is 4.79 Å². The minimum absolute atomic E-state index is 0.113. The van der Waals surface area contributed by atoms with Crippen LogP contribution in [0.3, 0.4) is 0 Å². The molecule has 0 aromatic rings. The highest BCUT2D eigenvalue weighted by atomic mass is 16.3. The van der Waals surface area contributed by atoms with Crippen LogP contribution in [0.1, 0.15) is 6.42 Å². The summed E-state index contributed by atoms with van der Waals surface area (Å²) in [6.45, 7) is 3.97. The zero-order chi connectivity index (χ0) is 6.85. The maximum absolute atomic E-state index is 10.8. The van der Waals surface area contributed by atoms with E-state index in [2.05, 4.69) is 6.58 Å². The third-order valence-corrected chi connectivity index (χ3v) is 1.44. The van der Waals surface area contributed by atoms with Gasteiger partial charge in [0.1, 0.15) is 6.73 Å². The molecule has 0 aromatic heterocycles. The van der Waals surface area contributed by atoms with E-state index >= 15 is 0 Å². The van der Waals surface area contributed by atoms with E-state index in [0.29, 0.717) is 18.5 Å². The Kier molecular flexibility index (Phi) is 1.53. The molecule has 9 heavy (non-hydrogen) atoms. The number of likely N-dealkylation sites (tertiary alicyclic amines) is 1. The van der Waals surface area contributed by atoms with Crippen molar-refractivity contribution in [1.29, 1.82) is 0 Å². The number of nitrogens with zero attached hydrogens (tertiary/aromatic N) is 1. The lowest BCUT2D eigenvalue weighted by Crippen LogP contribution is -2.25. The number of aliphatic hydroxyl groups excluding tert-OH is 1. The van der Waals surface area contributed by atoms with Crippen molar-refractivity contribution < 1.29 is 9.90 Å². The lowest BCUT2D eigenvalue weighted by atomic mass is 10.3. The molecule has 1 saturated heterocycles. The zero-order valence-corrected chi connectivity index (χ0v) is 5.13. The van der Waals surface area contributed by atoms with Gasteiger partial charge in [-0.2, -0.15) is 0 Å². The van der Waals surface area contributed by atoms with Gasteiger partial charge in [-0.05, 0) is 6.42 Å². The van der Waals surface area contributed by atoms with Crippen LogP contribution < -0.4 is 0 Å². The summed E-state index contributed by atoms with van der Waals surface area (Å²) < 4.78 is 0. The van der Waals surface area contributed by atoms with Crippen molar-refractivity contribution in [3.63, 3.8) is 0 Å². The standard InChI is InChI=1S/C6H9NO2/c1-5-2-3-7(4-8)6(5)9/h8H,1-4H2. The van der Waals surface area contributed by atoms with E-state index in [1.807, 2.05) is 0 Å². The van der Waals surface area contributed by atoms with Gasteiger partial charge in [0.2, 0.25) is 0 Å². The molecular formula is C6H9NO2. The van der Waals surface area contributed by atoms with Crippen molar-refractivity contribution in [2.75, 3.05) is 13.3 Å². The van der Waals surface area contributed by atoms with Crippen molar-refractivity contribution in [3.05, 3.63) is 12.2 Å². The maximum atomic E-state index is 10.8. The Morgan fingerprint density at radius 3 is 2.67 bits per heavy atom. The molecule has 0 radical (unpaired) electrons. The molecule has 0 spiro atoms. The van der Waals surface area contributed by atoms with Crippen LogP contribution >= 0.6 is 0 Å². The molecule has 1 amide bonds. The summed E-state index contributed by atoms with van der Waals surface area (Å²) in [5.74, 6) is -0.113. The Balaban J connectivity index is 2.62. The molecule has 0 saturated carbocycles. The van der Waals surface area contributed by atoms with Crippen molar-refractivity contribution in [2.45, 2.75) is 6.42 Å². The van der Waals surface area contributed by atoms with Crippen LogP contribution in [0.5, 0.6) is 0 Å². The summed E-state index contributed by atoms with van der Waals surface area (Å²) in [7, 11) is 0. The Labute approximate surface area is 53.6 Å². The fraction of sp³-hybridized carbons (Fsp3) is 0.500. The minimum atomic E-state index is -0.183. The quantitative estimate of drug-likeness (QED) is 0.492. The largest absolute Gasteiger partial charge is 0.376 e. The van der Waals surface area contributed by atoms with Crippen LogP contribution in [-0.2, 0) is 4.79 Å². The highest BCUT2D eigenvalue weighted by Crippen LogP contribution is 2.12. The van der Waals surface area contributed by atoms with Crippen molar-refractivity contribution in [3.8, 4) is 0 Å². The number of hydrogen-bond acceptors (Lipinski definition) is 2. The lowest BCUT2D eigenvalue weighted by Gasteiger charge is -2.08. The second kappa shape index (κ2) is 2.19. The molecular weight excluding hydrogens is 118 g/mol.